The SMILES string of the molecule is COc1ccc([C@@H](CCCNc2ccccn2)N2C(=O)c3cccc(N4CCN(C(C)c5ccccc5)CC4)c3C2=O)cc1OC. The van der Waals surface area contributed by atoms with E-state index < -0.39 is 6.04 Å². The Bertz CT molecular complexity index is 1660. The topological polar surface area (TPSA) is 87.2 Å². The molecule has 238 valence electrons. The van der Waals surface area contributed by atoms with Crippen LogP contribution in [0.4, 0.5) is 11.5 Å². The number of piperazine rings is 1. The molecule has 0 aliphatic carbocycles. The van der Waals surface area contributed by atoms with Gasteiger partial charge in [-0.25, -0.2) is 4.98 Å². The van der Waals surface area contributed by atoms with Crippen LogP contribution < -0.4 is 19.7 Å². The highest BCUT2D eigenvalue weighted by atomic mass is 16.5. The van der Waals surface area contributed by atoms with Crippen molar-refractivity contribution in [3.05, 3.63) is 113 Å². The molecule has 1 saturated heterocycles. The molecule has 4 aromatic rings. The molecule has 3 heterocycles. The number of nitrogens with zero attached hydrogens (tertiary/aromatic N) is 4. The van der Waals surface area contributed by atoms with Gasteiger partial charge in [0.05, 0.1) is 37.1 Å². The molecule has 0 radical (unpaired) electrons. The van der Waals surface area contributed by atoms with Crippen LogP contribution in [-0.2, 0) is 0 Å². The zero-order chi connectivity index (χ0) is 32.0. The van der Waals surface area contributed by atoms with Crippen LogP contribution >= 0.6 is 0 Å². The molecule has 46 heavy (non-hydrogen) atoms. The van der Waals surface area contributed by atoms with E-state index >= 15 is 0 Å². The first-order chi connectivity index (χ1) is 22.5. The second-order valence-corrected chi connectivity index (χ2v) is 11.7. The number of rotatable bonds is 12. The Kier molecular flexibility index (Phi) is 9.49. The van der Waals surface area contributed by atoms with Crippen molar-refractivity contribution in [2.45, 2.75) is 31.8 Å². The summed E-state index contributed by atoms with van der Waals surface area (Å²) in [5.41, 5.74) is 3.89. The maximum atomic E-state index is 14.4. The molecule has 2 amide bonds. The average molecular weight is 620 g/mol. The molecule has 0 saturated carbocycles. The van der Waals surface area contributed by atoms with Crippen molar-refractivity contribution in [2.75, 3.05) is 57.2 Å². The van der Waals surface area contributed by atoms with Crippen LogP contribution in [0.25, 0.3) is 0 Å². The van der Waals surface area contributed by atoms with E-state index in [1.54, 1.807) is 26.5 Å². The van der Waals surface area contributed by atoms with Crippen LogP contribution in [0.2, 0.25) is 0 Å². The summed E-state index contributed by atoms with van der Waals surface area (Å²) in [5, 5.41) is 3.34. The number of benzene rings is 3. The zero-order valence-corrected chi connectivity index (χ0v) is 26.7. The molecule has 9 nitrogen and oxygen atoms in total. The zero-order valence-electron chi connectivity index (χ0n) is 26.7. The second kappa shape index (κ2) is 14.0. The lowest BCUT2D eigenvalue weighted by Crippen LogP contribution is -2.47. The van der Waals surface area contributed by atoms with Crippen molar-refractivity contribution >= 4 is 23.3 Å². The van der Waals surface area contributed by atoms with Crippen molar-refractivity contribution in [3.8, 4) is 11.5 Å². The highest BCUT2D eigenvalue weighted by molar-refractivity contribution is 6.24. The number of imide groups is 1. The number of methoxy groups -OCH3 is 2. The number of pyridine rings is 1. The fourth-order valence-electron chi connectivity index (χ4n) is 6.61. The van der Waals surface area contributed by atoms with Crippen molar-refractivity contribution < 1.29 is 19.1 Å². The van der Waals surface area contributed by atoms with E-state index in [1.165, 1.54) is 10.5 Å². The number of amides is 2. The van der Waals surface area contributed by atoms with Gasteiger partial charge in [-0.15, -0.1) is 0 Å². The van der Waals surface area contributed by atoms with Gasteiger partial charge in [-0.3, -0.25) is 19.4 Å². The van der Waals surface area contributed by atoms with Gasteiger partial charge < -0.3 is 19.7 Å². The van der Waals surface area contributed by atoms with Crippen molar-refractivity contribution in [3.63, 3.8) is 0 Å². The van der Waals surface area contributed by atoms with Crippen LogP contribution in [0.1, 0.15) is 63.7 Å². The summed E-state index contributed by atoms with van der Waals surface area (Å²) in [6, 6.07) is 27.3. The van der Waals surface area contributed by atoms with Crippen LogP contribution in [0.3, 0.4) is 0 Å². The quantitative estimate of drug-likeness (QED) is 0.148. The van der Waals surface area contributed by atoms with E-state index in [2.05, 4.69) is 51.3 Å². The lowest BCUT2D eigenvalue weighted by atomic mass is 9.99. The molecule has 3 aromatic carbocycles. The minimum atomic E-state index is -0.492. The van der Waals surface area contributed by atoms with Crippen LogP contribution in [0.5, 0.6) is 11.5 Å². The molecule has 1 N–H and O–H groups in total. The lowest BCUT2D eigenvalue weighted by molar-refractivity contribution is 0.0572. The third-order valence-electron chi connectivity index (χ3n) is 9.14. The molecule has 6 rings (SSSR count). The maximum absolute atomic E-state index is 14.4. The minimum Gasteiger partial charge on any atom is -0.493 e. The predicted molar refractivity (Wildman–Crippen MR) is 180 cm³/mol. The van der Waals surface area contributed by atoms with E-state index in [0.29, 0.717) is 48.1 Å². The molecule has 9 heteroatoms. The standard InChI is InChI=1S/C37H41N5O4/c1-26(27-11-5-4-6-12-27)40-21-23-41(24-22-40)31-14-9-13-29-35(31)37(44)42(36(29)43)30(15-10-20-39-34-16-7-8-19-38-34)28-17-18-32(45-2)33(25-28)46-3/h4-9,11-14,16-19,25-26,30H,10,15,20-24H2,1-3H3,(H,38,39)/t26?,30-/m1/s1. The first kappa shape index (κ1) is 31.1. The normalized spacial score (nSPS) is 16.2. The Morgan fingerprint density at radius 1 is 0.804 bits per heavy atom. The number of aromatic nitrogens is 1. The maximum Gasteiger partial charge on any atom is 0.264 e. The average Bonchev–Trinajstić information content (AvgIpc) is 3.37. The van der Waals surface area contributed by atoms with Gasteiger partial charge in [0, 0.05) is 45.0 Å². The molecule has 2 aliphatic rings. The molecular formula is C37H41N5O4. The van der Waals surface area contributed by atoms with Crippen molar-refractivity contribution in [1.82, 2.24) is 14.8 Å². The minimum absolute atomic E-state index is 0.256. The Labute approximate surface area is 270 Å². The van der Waals surface area contributed by atoms with Crippen LogP contribution in [0.15, 0.2) is 91.1 Å². The fourth-order valence-corrected chi connectivity index (χ4v) is 6.61. The van der Waals surface area contributed by atoms with Crippen LogP contribution in [-0.4, -0.2) is 73.5 Å². The fraction of sp³-hybridized carbons (Fsp3) is 0.324. The number of hydrogen-bond donors (Lipinski definition) is 1. The highest BCUT2D eigenvalue weighted by Crippen LogP contribution is 2.40. The van der Waals surface area contributed by atoms with Gasteiger partial charge in [0.1, 0.15) is 5.82 Å². The molecule has 0 spiro atoms. The largest absolute Gasteiger partial charge is 0.493 e. The van der Waals surface area contributed by atoms with Gasteiger partial charge >= 0.3 is 0 Å². The van der Waals surface area contributed by atoms with Gasteiger partial charge in [0.15, 0.2) is 11.5 Å². The molecule has 1 unspecified atom stereocenters. The van der Waals surface area contributed by atoms with E-state index in [1.807, 2.05) is 54.6 Å². The van der Waals surface area contributed by atoms with Crippen molar-refractivity contribution in [1.29, 1.82) is 0 Å². The van der Waals surface area contributed by atoms with E-state index in [9.17, 15) is 9.59 Å². The molecular weight excluding hydrogens is 578 g/mol. The number of anilines is 2. The predicted octanol–water partition coefficient (Wildman–Crippen LogP) is 6.21. The third-order valence-corrected chi connectivity index (χ3v) is 9.14. The lowest BCUT2D eigenvalue weighted by Gasteiger charge is -2.39. The number of fused-ring (bicyclic) bond motifs is 1. The summed E-state index contributed by atoms with van der Waals surface area (Å²) in [7, 11) is 3.17. The van der Waals surface area contributed by atoms with E-state index in [0.717, 1.165) is 43.2 Å². The smallest absolute Gasteiger partial charge is 0.264 e. The first-order valence-corrected chi connectivity index (χ1v) is 15.9. The number of carbonyl (C=O) groups is 2. The summed E-state index contributed by atoms with van der Waals surface area (Å²) in [4.78, 5) is 39.0. The van der Waals surface area contributed by atoms with E-state index in [-0.39, 0.29) is 11.8 Å². The summed E-state index contributed by atoms with van der Waals surface area (Å²) < 4.78 is 11.1. The summed E-state index contributed by atoms with van der Waals surface area (Å²) in [6.07, 6.45) is 3.01. The highest BCUT2D eigenvalue weighted by Gasteiger charge is 2.43. The van der Waals surface area contributed by atoms with Gasteiger partial charge in [0.2, 0.25) is 0 Å². The molecule has 1 aromatic heterocycles. The number of carbonyl (C=O) groups excluding carboxylic acids is 2. The Balaban J connectivity index is 1.24. The first-order valence-electron chi connectivity index (χ1n) is 15.9. The van der Waals surface area contributed by atoms with Crippen molar-refractivity contribution in [2.24, 2.45) is 0 Å². The molecule has 0 bridgehead atoms. The monoisotopic (exact) mass is 619 g/mol. The Morgan fingerprint density at radius 2 is 1.57 bits per heavy atom. The third kappa shape index (κ3) is 6.28. The molecule has 2 atom stereocenters. The van der Waals surface area contributed by atoms with Gasteiger partial charge in [-0.2, -0.15) is 0 Å². The molecule has 1 fully saturated rings. The Hall–Kier alpha value is -4.89. The number of ether oxygens (including phenoxy) is 2. The number of hydrogen-bond acceptors (Lipinski definition) is 8. The van der Waals surface area contributed by atoms with Gasteiger partial charge in [-0.1, -0.05) is 48.5 Å². The Morgan fingerprint density at radius 3 is 2.28 bits per heavy atom. The van der Waals surface area contributed by atoms with Crippen LogP contribution in [0, 0.1) is 0 Å². The number of nitrogens with one attached hydrogen (secondary N) is 1. The van der Waals surface area contributed by atoms with Gasteiger partial charge in [-0.05, 0) is 67.3 Å². The molecule has 2 aliphatic heterocycles. The second-order valence-electron chi connectivity index (χ2n) is 11.7. The van der Waals surface area contributed by atoms with E-state index in [4.69, 9.17) is 9.47 Å². The summed E-state index contributed by atoms with van der Waals surface area (Å²) in [6.45, 7) is 6.15. The summed E-state index contributed by atoms with van der Waals surface area (Å²) in [5.74, 6) is 1.40. The van der Waals surface area contributed by atoms with Gasteiger partial charge in [0.25, 0.3) is 11.8 Å². The summed E-state index contributed by atoms with van der Waals surface area (Å²) >= 11 is 0.